The molecule has 0 aromatic carbocycles. The molecule has 0 saturated carbocycles. The standard InChI is InChI=1S/C14H13ClN4S/c1-9-7-11-12(17-14(15)18-13(11)20-9)19(2)8-10-3-5-16-6-4-10/h3-7H,8H2,1-2H3. The molecule has 0 aliphatic heterocycles. The first-order valence-corrected chi connectivity index (χ1v) is 7.36. The van der Waals surface area contributed by atoms with Crippen LogP contribution in [0.5, 0.6) is 0 Å². The van der Waals surface area contributed by atoms with Gasteiger partial charge < -0.3 is 4.90 Å². The molecule has 0 fully saturated rings. The van der Waals surface area contributed by atoms with Gasteiger partial charge in [-0.3, -0.25) is 4.98 Å². The Morgan fingerprint density at radius 1 is 1.25 bits per heavy atom. The van der Waals surface area contributed by atoms with Gasteiger partial charge in [-0.1, -0.05) is 0 Å². The Bertz CT molecular complexity index is 742. The Morgan fingerprint density at radius 2 is 2.00 bits per heavy atom. The van der Waals surface area contributed by atoms with Crippen LogP contribution in [0.25, 0.3) is 10.2 Å². The van der Waals surface area contributed by atoms with Crippen LogP contribution in [0.4, 0.5) is 5.82 Å². The number of pyridine rings is 1. The Kier molecular flexibility index (Phi) is 3.54. The number of aryl methyl sites for hydroxylation is 1. The molecule has 0 bridgehead atoms. The van der Waals surface area contributed by atoms with Gasteiger partial charge in [-0.2, -0.15) is 4.98 Å². The van der Waals surface area contributed by atoms with Crippen LogP contribution in [-0.2, 0) is 6.54 Å². The summed E-state index contributed by atoms with van der Waals surface area (Å²) in [4.78, 5) is 16.9. The molecule has 0 atom stereocenters. The van der Waals surface area contributed by atoms with Gasteiger partial charge in [-0.05, 0) is 42.3 Å². The summed E-state index contributed by atoms with van der Waals surface area (Å²) >= 11 is 7.66. The van der Waals surface area contributed by atoms with Crippen LogP contribution in [0.2, 0.25) is 5.28 Å². The lowest BCUT2D eigenvalue weighted by Crippen LogP contribution is -2.18. The first kappa shape index (κ1) is 13.3. The van der Waals surface area contributed by atoms with Gasteiger partial charge in [0.05, 0.1) is 5.39 Å². The number of anilines is 1. The van der Waals surface area contributed by atoms with Crippen molar-refractivity contribution in [3.05, 3.63) is 46.3 Å². The number of nitrogens with zero attached hydrogens (tertiary/aromatic N) is 4. The summed E-state index contributed by atoms with van der Waals surface area (Å²) < 4.78 is 0. The maximum absolute atomic E-state index is 6.03. The summed E-state index contributed by atoms with van der Waals surface area (Å²) in [6.45, 7) is 2.81. The van der Waals surface area contributed by atoms with Crippen LogP contribution in [0.1, 0.15) is 10.4 Å². The lowest BCUT2D eigenvalue weighted by atomic mass is 10.2. The van der Waals surface area contributed by atoms with E-state index in [4.69, 9.17) is 11.6 Å². The molecule has 102 valence electrons. The van der Waals surface area contributed by atoms with Gasteiger partial charge in [0.2, 0.25) is 5.28 Å². The topological polar surface area (TPSA) is 41.9 Å². The van der Waals surface area contributed by atoms with E-state index in [9.17, 15) is 0 Å². The highest BCUT2D eigenvalue weighted by Crippen LogP contribution is 2.31. The quantitative estimate of drug-likeness (QED) is 0.692. The van der Waals surface area contributed by atoms with E-state index >= 15 is 0 Å². The Balaban J connectivity index is 2.00. The van der Waals surface area contributed by atoms with Crippen LogP contribution in [0.3, 0.4) is 0 Å². The average molecular weight is 305 g/mol. The van der Waals surface area contributed by atoms with Crippen molar-refractivity contribution in [3.8, 4) is 0 Å². The van der Waals surface area contributed by atoms with Crippen LogP contribution < -0.4 is 4.90 Å². The molecular weight excluding hydrogens is 292 g/mol. The predicted octanol–water partition coefficient (Wildman–Crippen LogP) is 3.68. The summed E-state index contributed by atoms with van der Waals surface area (Å²) in [5, 5.41) is 1.34. The van der Waals surface area contributed by atoms with Crippen molar-refractivity contribution in [1.82, 2.24) is 15.0 Å². The third-order valence-electron chi connectivity index (χ3n) is 3.00. The number of fused-ring (bicyclic) bond motifs is 1. The molecule has 0 spiro atoms. The third-order valence-corrected chi connectivity index (χ3v) is 4.11. The Labute approximate surface area is 126 Å². The van der Waals surface area contributed by atoms with Crippen molar-refractivity contribution in [1.29, 1.82) is 0 Å². The van der Waals surface area contributed by atoms with Crippen LogP contribution >= 0.6 is 22.9 Å². The first-order valence-electron chi connectivity index (χ1n) is 6.17. The van der Waals surface area contributed by atoms with E-state index in [1.165, 1.54) is 10.4 Å². The van der Waals surface area contributed by atoms with Crippen LogP contribution in [-0.4, -0.2) is 22.0 Å². The summed E-state index contributed by atoms with van der Waals surface area (Å²) in [5.41, 5.74) is 1.18. The minimum Gasteiger partial charge on any atom is -0.355 e. The lowest BCUT2D eigenvalue weighted by Gasteiger charge is -2.19. The van der Waals surface area contributed by atoms with Gasteiger partial charge in [0.25, 0.3) is 0 Å². The average Bonchev–Trinajstić information content (AvgIpc) is 2.78. The molecule has 0 aliphatic rings. The number of thiophene rings is 1. The van der Waals surface area contributed by atoms with E-state index in [1.54, 1.807) is 23.7 Å². The minimum absolute atomic E-state index is 0.288. The van der Waals surface area contributed by atoms with Gasteiger partial charge in [0.1, 0.15) is 10.6 Å². The molecule has 3 aromatic heterocycles. The number of aromatic nitrogens is 3. The van der Waals surface area contributed by atoms with Gasteiger partial charge in [0, 0.05) is 30.9 Å². The third kappa shape index (κ3) is 2.59. The molecule has 3 rings (SSSR count). The van der Waals surface area contributed by atoms with Gasteiger partial charge in [-0.15, -0.1) is 11.3 Å². The minimum atomic E-state index is 0.288. The Hall–Kier alpha value is -1.72. The smallest absolute Gasteiger partial charge is 0.225 e. The molecule has 3 aromatic rings. The fourth-order valence-corrected chi connectivity index (χ4v) is 3.22. The predicted molar refractivity (Wildman–Crippen MR) is 83.5 cm³/mol. The van der Waals surface area contributed by atoms with E-state index in [2.05, 4.69) is 32.8 Å². The van der Waals surface area contributed by atoms with Crippen molar-refractivity contribution in [3.63, 3.8) is 0 Å². The summed E-state index contributed by atoms with van der Waals surface area (Å²) in [6.07, 6.45) is 3.58. The van der Waals surface area contributed by atoms with Crippen molar-refractivity contribution in [2.45, 2.75) is 13.5 Å². The number of halogens is 1. The maximum atomic E-state index is 6.03. The molecule has 4 nitrogen and oxygen atoms in total. The van der Waals surface area contributed by atoms with Crippen molar-refractivity contribution in [2.24, 2.45) is 0 Å². The molecule has 0 amide bonds. The molecule has 0 N–H and O–H groups in total. The van der Waals surface area contributed by atoms with E-state index in [0.29, 0.717) is 0 Å². The normalized spacial score (nSPS) is 10.9. The largest absolute Gasteiger partial charge is 0.355 e. The number of rotatable bonds is 3. The highest BCUT2D eigenvalue weighted by Gasteiger charge is 2.13. The summed E-state index contributed by atoms with van der Waals surface area (Å²) in [7, 11) is 2.01. The SMILES string of the molecule is Cc1cc2c(N(C)Cc3ccncc3)nc(Cl)nc2s1. The van der Waals surface area contributed by atoms with Gasteiger partial charge >= 0.3 is 0 Å². The molecule has 0 unspecified atom stereocenters. The second kappa shape index (κ2) is 5.34. The summed E-state index contributed by atoms with van der Waals surface area (Å²) in [5.74, 6) is 0.862. The summed E-state index contributed by atoms with van der Waals surface area (Å²) in [6, 6.07) is 6.10. The molecule has 6 heteroatoms. The zero-order valence-corrected chi connectivity index (χ0v) is 12.7. The van der Waals surface area contributed by atoms with Gasteiger partial charge in [-0.25, -0.2) is 4.98 Å². The second-order valence-electron chi connectivity index (χ2n) is 4.60. The highest BCUT2D eigenvalue weighted by molar-refractivity contribution is 7.18. The van der Waals surface area contributed by atoms with E-state index in [-0.39, 0.29) is 5.28 Å². The zero-order valence-electron chi connectivity index (χ0n) is 11.2. The van der Waals surface area contributed by atoms with Crippen LogP contribution in [0.15, 0.2) is 30.6 Å². The van der Waals surface area contributed by atoms with Gasteiger partial charge in [0.15, 0.2) is 0 Å². The molecule has 0 aliphatic carbocycles. The molecular formula is C14H13ClN4S. The van der Waals surface area contributed by atoms with Crippen molar-refractivity contribution in [2.75, 3.05) is 11.9 Å². The van der Waals surface area contributed by atoms with E-state index < -0.39 is 0 Å². The molecule has 0 saturated heterocycles. The molecule has 3 heterocycles. The molecule has 20 heavy (non-hydrogen) atoms. The molecule has 0 radical (unpaired) electrons. The highest BCUT2D eigenvalue weighted by atomic mass is 35.5. The lowest BCUT2D eigenvalue weighted by molar-refractivity contribution is 0.898. The first-order chi connectivity index (χ1) is 9.63. The number of hydrogen-bond acceptors (Lipinski definition) is 5. The maximum Gasteiger partial charge on any atom is 0.225 e. The van der Waals surface area contributed by atoms with E-state index in [1.807, 2.05) is 19.2 Å². The van der Waals surface area contributed by atoms with E-state index in [0.717, 1.165) is 22.6 Å². The fraction of sp³-hybridized carbons (Fsp3) is 0.214. The van der Waals surface area contributed by atoms with Crippen molar-refractivity contribution >= 4 is 39.0 Å². The van der Waals surface area contributed by atoms with Crippen molar-refractivity contribution < 1.29 is 0 Å². The van der Waals surface area contributed by atoms with Crippen LogP contribution in [0, 0.1) is 6.92 Å². The number of hydrogen-bond donors (Lipinski definition) is 0. The monoisotopic (exact) mass is 304 g/mol. The Morgan fingerprint density at radius 3 is 2.75 bits per heavy atom. The fourth-order valence-electron chi connectivity index (χ4n) is 2.13. The second-order valence-corrected chi connectivity index (χ2v) is 6.18. The zero-order chi connectivity index (χ0) is 14.1.